The van der Waals surface area contributed by atoms with Crippen molar-refractivity contribution in [3.05, 3.63) is 52.0 Å². The number of Topliss-reactive ketones (excluding diaryl/α,β-unsaturated/α-hetero) is 2. The molecule has 0 aliphatic heterocycles. The first-order valence-electron chi connectivity index (χ1n) is 12.5. The molecule has 1 aromatic carbocycles. The fourth-order valence-electron chi connectivity index (χ4n) is 6.57. The molecule has 6 unspecified atom stereocenters. The number of phenols is 1. The molecule has 1 amide bonds. The molecule has 11 nitrogen and oxygen atoms in total. The predicted octanol–water partition coefficient (Wildman–Crippen LogP) is 1.00. The maximum absolute atomic E-state index is 13.8. The number of fused-ring (bicyclic) bond motifs is 3. The molecule has 11 heteroatoms. The Morgan fingerprint density at radius 1 is 1.13 bits per heavy atom. The number of primary amides is 1. The number of phenolic OH excluding ortho intramolecular Hbond substituents is 1. The van der Waals surface area contributed by atoms with Crippen molar-refractivity contribution in [1.29, 1.82) is 0 Å². The van der Waals surface area contributed by atoms with E-state index < -0.39 is 87.5 Å². The number of ketones is 2. The molecule has 6 atom stereocenters. The number of aromatic hydroxyl groups is 1. The van der Waals surface area contributed by atoms with Gasteiger partial charge in [-0.1, -0.05) is 25.5 Å². The molecule has 0 radical (unpaired) electrons. The number of likely N-dealkylation sites (N-methyl/N-ethyl adjacent to an activating group) is 1. The number of benzene rings is 1. The smallest absolute Gasteiger partial charge is 0.309 e. The number of amides is 1. The van der Waals surface area contributed by atoms with E-state index in [1.165, 1.54) is 25.1 Å². The summed E-state index contributed by atoms with van der Waals surface area (Å²) in [7, 11) is 3.03. The van der Waals surface area contributed by atoms with Crippen LogP contribution in [0.1, 0.15) is 48.0 Å². The molecule has 4 aliphatic rings. The van der Waals surface area contributed by atoms with Gasteiger partial charge >= 0.3 is 5.97 Å². The van der Waals surface area contributed by atoms with Gasteiger partial charge in [0, 0.05) is 11.5 Å². The van der Waals surface area contributed by atoms with Crippen molar-refractivity contribution in [2.24, 2.45) is 23.5 Å². The highest BCUT2D eigenvalue weighted by Crippen LogP contribution is 2.56. The quantitative estimate of drug-likeness (QED) is 0.280. The minimum atomic E-state index is -2.93. The number of aliphatic hydroxyl groups excluding tert-OH is 2. The molecule has 4 aliphatic carbocycles. The van der Waals surface area contributed by atoms with E-state index in [4.69, 9.17) is 10.5 Å². The zero-order valence-corrected chi connectivity index (χ0v) is 21.2. The van der Waals surface area contributed by atoms with E-state index in [2.05, 4.69) is 0 Å². The Hall–Kier alpha value is -3.70. The summed E-state index contributed by atoms with van der Waals surface area (Å²) in [6.07, 6.45) is 0.648. The van der Waals surface area contributed by atoms with Crippen LogP contribution in [0.4, 0.5) is 0 Å². The molecule has 1 fully saturated rings. The van der Waals surface area contributed by atoms with Crippen molar-refractivity contribution in [1.82, 2.24) is 4.90 Å². The minimum absolute atomic E-state index is 0.107. The first kappa shape index (κ1) is 25.9. The molecule has 38 heavy (non-hydrogen) atoms. The molecule has 1 saturated carbocycles. The lowest BCUT2D eigenvalue weighted by molar-refractivity contribution is -0.185. The summed E-state index contributed by atoms with van der Waals surface area (Å²) in [5.74, 6) is -9.83. The highest BCUT2D eigenvalue weighted by atomic mass is 16.5. The number of rotatable bonds is 4. The maximum atomic E-state index is 13.8. The monoisotopic (exact) mass is 526 g/mol. The average molecular weight is 527 g/mol. The van der Waals surface area contributed by atoms with Crippen LogP contribution in [-0.2, 0) is 19.1 Å². The zero-order valence-electron chi connectivity index (χ0n) is 21.2. The first-order valence-corrected chi connectivity index (χ1v) is 12.5. The molecular weight excluding hydrogens is 496 g/mol. The van der Waals surface area contributed by atoms with Crippen LogP contribution in [0, 0.1) is 17.8 Å². The van der Waals surface area contributed by atoms with E-state index in [0.29, 0.717) is 18.4 Å². The average Bonchev–Trinajstić information content (AvgIpc) is 2.79. The largest absolute Gasteiger partial charge is 0.510 e. The molecule has 5 rings (SSSR count). The van der Waals surface area contributed by atoms with E-state index in [-0.39, 0.29) is 11.3 Å². The third kappa shape index (κ3) is 3.27. The Morgan fingerprint density at radius 2 is 1.79 bits per heavy atom. The highest BCUT2D eigenvalue weighted by Gasteiger charge is 2.68. The van der Waals surface area contributed by atoms with Gasteiger partial charge in [0.1, 0.15) is 28.9 Å². The molecular formula is C27H30N2O9. The minimum Gasteiger partial charge on any atom is -0.510 e. The standard InChI is InChI=1S/C27H30N2O9/c1-10-12-8-5-9-13(30)15(12)20(31)16-14(10)22(38-26(36)11-6-4-7-11)18-19(29(2)3)21(32)17(25(28)35)24(34)27(18,37)23(16)33/h5,8-11,14,18-19,22,30,32-33,37H,4,6-7H2,1-3H3,(H2,28,35). The summed E-state index contributed by atoms with van der Waals surface area (Å²) in [5, 5.41) is 45.1. The van der Waals surface area contributed by atoms with Crippen LogP contribution in [0.3, 0.4) is 0 Å². The molecule has 6 N–H and O–H groups in total. The van der Waals surface area contributed by atoms with Gasteiger partial charge in [0.25, 0.3) is 5.91 Å². The number of carbonyl (C=O) groups excluding carboxylic acids is 4. The number of aliphatic hydroxyl groups is 3. The van der Waals surface area contributed by atoms with E-state index in [1.807, 2.05) is 0 Å². The number of ether oxygens (including phenoxy) is 1. The summed E-state index contributed by atoms with van der Waals surface area (Å²) < 4.78 is 6.00. The molecule has 1 aromatic rings. The van der Waals surface area contributed by atoms with Gasteiger partial charge in [-0.2, -0.15) is 0 Å². The number of hydrogen-bond donors (Lipinski definition) is 5. The molecule has 0 saturated heterocycles. The van der Waals surface area contributed by atoms with Gasteiger partial charge in [0.05, 0.1) is 23.4 Å². The van der Waals surface area contributed by atoms with Gasteiger partial charge in [-0.3, -0.25) is 24.1 Å². The second-order valence-electron chi connectivity index (χ2n) is 10.8. The lowest BCUT2D eigenvalue weighted by atomic mass is 9.55. The van der Waals surface area contributed by atoms with Crippen LogP contribution in [0.25, 0.3) is 0 Å². The van der Waals surface area contributed by atoms with Crippen LogP contribution in [0.2, 0.25) is 0 Å². The van der Waals surface area contributed by atoms with Crippen molar-refractivity contribution in [3.8, 4) is 5.75 Å². The third-order valence-corrected chi connectivity index (χ3v) is 8.66. The summed E-state index contributed by atoms with van der Waals surface area (Å²) >= 11 is 0. The Labute approximate surface area is 218 Å². The van der Waals surface area contributed by atoms with Gasteiger partial charge in [-0.15, -0.1) is 0 Å². The molecule has 0 heterocycles. The Morgan fingerprint density at radius 3 is 2.34 bits per heavy atom. The summed E-state index contributed by atoms with van der Waals surface area (Å²) in [6.45, 7) is 1.72. The molecule has 202 valence electrons. The van der Waals surface area contributed by atoms with E-state index >= 15 is 0 Å². The van der Waals surface area contributed by atoms with Crippen LogP contribution < -0.4 is 5.73 Å². The zero-order chi connectivity index (χ0) is 27.8. The fourth-order valence-corrected chi connectivity index (χ4v) is 6.57. The Kier molecular flexibility index (Phi) is 5.92. The van der Waals surface area contributed by atoms with Crippen LogP contribution in [-0.4, -0.2) is 80.6 Å². The van der Waals surface area contributed by atoms with Crippen LogP contribution in [0.5, 0.6) is 5.75 Å². The van der Waals surface area contributed by atoms with E-state index in [1.54, 1.807) is 19.1 Å². The summed E-state index contributed by atoms with van der Waals surface area (Å²) in [6, 6.07) is 3.20. The van der Waals surface area contributed by atoms with Crippen LogP contribution >= 0.6 is 0 Å². The van der Waals surface area contributed by atoms with Gasteiger partial charge in [0.15, 0.2) is 11.4 Å². The van der Waals surface area contributed by atoms with Crippen molar-refractivity contribution in [2.75, 3.05) is 14.1 Å². The van der Waals surface area contributed by atoms with Gasteiger partial charge < -0.3 is 30.9 Å². The number of carbonyl (C=O) groups is 4. The van der Waals surface area contributed by atoms with Gasteiger partial charge in [0.2, 0.25) is 5.78 Å². The van der Waals surface area contributed by atoms with Crippen molar-refractivity contribution >= 4 is 23.4 Å². The lowest BCUT2D eigenvalue weighted by Gasteiger charge is -2.54. The second kappa shape index (κ2) is 8.67. The number of nitrogens with zero attached hydrogens (tertiary/aromatic N) is 1. The van der Waals surface area contributed by atoms with Gasteiger partial charge in [-0.25, -0.2) is 0 Å². The van der Waals surface area contributed by atoms with Crippen LogP contribution in [0.15, 0.2) is 40.9 Å². The van der Waals surface area contributed by atoms with E-state index in [9.17, 15) is 39.6 Å². The Bertz CT molecular complexity index is 1340. The van der Waals surface area contributed by atoms with Gasteiger partial charge in [-0.05, 0) is 44.5 Å². The van der Waals surface area contributed by atoms with Crippen molar-refractivity contribution < 1.29 is 44.3 Å². The van der Waals surface area contributed by atoms with Crippen molar-refractivity contribution in [2.45, 2.75) is 49.9 Å². The van der Waals surface area contributed by atoms with E-state index in [0.717, 1.165) is 6.42 Å². The SMILES string of the molecule is CC1c2cccc(O)c2C(=O)C2=C(O)C3(O)C(=O)C(C(N)=O)=C(O)C(N(C)C)C3C(OC(=O)C3CCC3)C21. The summed E-state index contributed by atoms with van der Waals surface area (Å²) in [5.41, 5.74) is 1.48. The first-order chi connectivity index (χ1) is 17.8. The number of nitrogens with two attached hydrogens (primary N) is 1. The predicted molar refractivity (Wildman–Crippen MR) is 131 cm³/mol. The molecule has 0 bridgehead atoms. The fraction of sp³-hybridized carbons (Fsp3) is 0.481. The highest BCUT2D eigenvalue weighted by molar-refractivity contribution is 6.25. The Balaban J connectivity index is 1.81. The molecule has 0 aromatic heterocycles. The second-order valence-corrected chi connectivity index (χ2v) is 10.8. The summed E-state index contributed by atoms with van der Waals surface area (Å²) in [4.78, 5) is 54.2. The normalized spacial score (nSPS) is 32.9. The van der Waals surface area contributed by atoms with Crippen molar-refractivity contribution in [3.63, 3.8) is 0 Å². The molecule has 0 spiro atoms. The maximum Gasteiger partial charge on any atom is 0.309 e. The number of esters is 1. The lowest BCUT2D eigenvalue weighted by Crippen LogP contribution is -2.69. The number of hydrogen-bond acceptors (Lipinski definition) is 10. The third-order valence-electron chi connectivity index (χ3n) is 8.66. The topological polar surface area (TPSA) is 188 Å².